The van der Waals surface area contributed by atoms with Crippen LogP contribution < -0.4 is 10.3 Å². The van der Waals surface area contributed by atoms with E-state index in [4.69, 9.17) is 16.3 Å². The highest BCUT2D eigenvalue weighted by Crippen LogP contribution is 2.35. The quantitative estimate of drug-likeness (QED) is 0.353. The topological polar surface area (TPSA) is 78.3 Å². The van der Waals surface area contributed by atoms with E-state index in [2.05, 4.69) is 5.10 Å². The predicted molar refractivity (Wildman–Crippen MR) is 122 cm³/mol. The molecule has 0 radical (unpaired) electrons. The zero-order chi connectivity index (χ0) is 22.7. The number of carbonyl (C=O) groups excluding carboxylic acids is 2. The molecule has 0 bridgehead atoms. The van der Waals surface area contributed by atoms with Gasteiger partial charge in [0, 0.05) is 23.1 Å². The number of aromatic nitrogens is 2. The molecule has 1 fully saturated rings. The molecule has 1 aliphatic rings. The van der Waals surface area contributed by atoms with Crippen LogP contribution in [-0.2, 0) is 11.2 Å². The highest BCUT2D eigenvalue weighted by molar-refractivity contribution is 6.31. The molecule has 1 saturated carbocycles. The van der Waals surface area contributed by atoms with Crippen LogP contribution in [0.4, 0.5) is 0 Å². The molecule has 32 heavy (non-hydrogen) atoms. The first-order valence-electron chi connectivity index (χ1n) is 10.5. The van der Waals surface area contributed by atoms with E-state index in [1.54, 1.807) is 18.2 Å². The number of hydrogen-bond acceptors (Lipinski definition) is 5. The molecule has 6 nitrogen and oxygen atoms in total. The second kappa shape index (κ2) is 9.49. The van der Waals surface area contributed by atoms with Gasteiger partial charge < -0.3 is 9.53 Å². The molecule has 0 saturated heterocycles. The highest BCUT2D eigenvalue weighted by Gasteiger charge is 2.25. The summed E-state index contributed by atoms with van der Waals surface area (Å²) in [6.07, 6.45) is 3.20. The zero-order valence-corrected chi connectivity index (χ0v) is 18.4. The van der Waals surface area contributed by atoms with Crippen LogP contribution >= 0.6 is 11.6 Å². The first kappa shape index (κ1) is 22.0. The fourth-order valence-electron chi connectivity index (χ4n) is 3.56. The largest absolute Gasteiger partial charge is 0.476 e. The van der Waals surface area contributed by atoms with Gasteiger partial charge in [0.25, 0.3) is 5.56 Å². The van der Waals surface area contributed by atoms with Crippen molar-refractivity contribution in [1.29, 1.82) is 0 Å². The average Bonchev–Trinajstić information content (AvgIpc) is 3.61. The maximum atomic E-state index is 13.0. The monoisotopic (exact) mass is 450 g/mol. The van der Waals surface area contributed by atoms with Gasteiger partial charge in [-0.2, -0.15) is 0 Å². The number of carbonyl (C=O) groups is 2. The Hall–Kier alpha value is -3.25. The smallest absolute Gasteiger partial charge is 0.268 e. The van der Waals surface area contributed by atoms with Crippen molar-refractivity contribution in [2.24, 2.45) is 5.92 Å². The molecule has 3 aromatic rings. The molecule has 4 rings (SSSR count). The molecule has 1 unspecified atom stereocenters. The zero-order valence-electron chi connectivity index (χ0n) is 17.7. The third-order valence-electron chi connectivity index (χ3n) is 5.49. The first-order valence-corrected chi connectivity index (χ1v) is 10.9. The molecule has 7 heteroatoms. The van der Waals surface area contributed by atoms with Gasteiger partial charge >= 0.3 is 0 Å². The van der Waals surface area contributed by atoms with Crippen LogP contribution in [-0.4, -0.2) is 28.5 Å². The summed E-state index contributed by atoms with van der Waals surface area (Å²) < 4.78 is 7.15. The van der Waals surface area contributed by atoms with Crippen molar-refractivity contribution in [1.82, 2.24) is 9.78 Å². The van der Waals surface area contributed by atoms with E-state index in [-0.39, 0.29) is 11.7 Å². The predicted octanol–water partition coefficient (Wildman–Crippen LogP) is 4.54. The van der Waals surface area contributed by atoms with Crippen LogP contribution in [0.25, 0.3) is 11.1 Å². The number of ketones is 1. The molecular weight excluding hydrogens is 428 g/mol. The van der Waals surface area contributed by atoms with E-state index < -0.39 is 11.6 Å². The summed E-state index contributed by atoms with van der Waals surface area (Å²) in [6.45, 7) is 1.91. The lowest BCUT2D eigenvalue weighted by molar-refractivity contribution is -0.110. The van der Waals surface area contributed by atoms with Crippen LogP contribution in [0.5, 0.6) is 5.88 Å². The van der Waals surface area contributed by atoms with E-state index in [1.807, 2.05) is 30.3 Å². The van der Waals surface area contributed by atoms with Crippen LogP contribution in [0.2, 0.25) is 5.02 Å². The molecular formula is C25H23ClN2O4. The summed E-state index contributed by atoms with van der Waals surface area (Å²) in [5.41, 5.74) is 1.75. The summed E-state index contributed by atoms with van der Waals surface area (Å²) in [5.74, 6) is 0.493. The molecule has 2 aromatic carbocycles. The lowest BCUT2D eigenvalue weighted by atomic mass is 9.98. The Balaban J connectivity index is 1.80. The molecule has 1 aromatic heterocycles. The number of rotatable bonds is 9. The Morgan fingerprint density at radius 2 is 1.94 bits per heavy atom. The number of nitrogens with zero attached hydrogens (tertiary/aromatic N) is 2. The number of benzene rings is 2. The molecule has 1 heterocycles. The molecule has 1 aliphatic carbocycles. The van der Waals surface area contributed by atoms with Crippen molar-refractivity contribution < 1.29 is 14.3 Å². The van der Waals surface area contributed by atoms with E-state index in [0.29, 0.717) is 46.9 Å². The number of aldehydes is 1. The van der Waals surface area contributed by atoms with Crippen molar-refractivity contribution in [3.8, 4) is 17.0 Å². The SMILES string of the molecule is CC(=O)c1ccc(Cl)cc1-c1cc(=O)n(C(C=O)Cc2ccccc2)nc1OCC1CC1. The Bertz CT molecular complexity index is 1200. The van der Waals surface area contributed by atoms with Crippen molar-refractivity contribution in [3.05, 3.63) is 81.1 Å². The maximum absolute atomic E-state index is 13.0. The van der Waals surface area contributed by atoms with Gasteiger partial charge in [-0.25, -0.2) is 4.68 Å². The van der Waals surface area contributed by atoms with Crippen LogP contribution in [0, 0.1) is 5.92 Å². The van der Waals surface area contributed by atoms with E-state index in [1.165, 1.54) is 13.0 Å². The van der Waals surface area contributed by atoms with Crippen molar-refractivity contribution in [2.45, 2.75) is 32.2 Å². The Kier molecular flexibility index (Phi) is 6.51. The van der Waals surface area contributed by atoms with E-state index in [0.717, 1.165) is 23.1 Å². The number of ether oxygens (including phenoxy) is 1. The Labute approximate surface area is 190 Å². The van der Waals surface area contributed by atoms with Crippen LogP contribution in [0.3, 0.4) is 0 Å². The summed E-state index contributed by atoms with van der Waals surface area (Å²) in [5, 5.41) is 4.87. The minimum absolute atomic E-state index is 0.163. The van der Waals surface area contributed by atoms with Gasteiger partial charge in [0.15, 0.2) is 5.78 Å². The van der Waals surface area contributed by atoms with E-state index >= 15 is 0 Å². The summed E-state index contributed by atoms with van der Waals surface area (Å²) in [7, 11) is 0. The molecule has 0 N–H and O–H groups in total. The van der Waals surface area contributed by atoms with Gasteiger partial charge in [0.05, 0.1) is 12.2 Å². The minimum Gasteiger partial charge on any atom is -0.476 e. The third-order valence-corrected chi connectivity index (χ3v) is 5.72. The fraction of sp³-hybridized carbons (Fsp3) is 0.280. The van der Waals surface area contributed by atoms with E-state index in [9.17, 15) is 14.4 Å². The standard InChI is InChI=1S/C25H23ClN2O4/c1-16(30)21-10-9-19(26)12-22(21)23-13-24(31)28(27-25(23)32-15-18-7-8-18)20(14-29)11-17-5-3-2-4-6-17/h2-6,9-10,12-14,18,20H,7-8,11,15H2,1H3. The van der Waals surface area contributed by atoms with Gasteiger partial charge in [0.1, 0.15) is 12.3 Å². The number of hydrogen-bond donors (Lipinski definition) is 0. The molecule has 0 spiro atoms. The van der Waals surface area contributed by atoms with Crippen LogP contribution in [0.1, 0.15) is 41.7 Å². The van der Waals surface area contributed by atoms with Crippen molar-refractivity contribution in [2.75, 3.05) is 6.61 Å². The molecule has 1 atom stereocenters. The number of halogens is 1. The molecule has 0 amide bonds. The Morgan fingerprint density at radius 1 is 1.19 bits per heavy atom. The van der Waals surface area contributed by atoms with Gasteiger partial charge in [-0.05, 0) is 55.0 Å². The summed E-state index contributed by atoms with van der Waals surface area (Å²) in [6, 6.07) is 14.9. The average molecular weight is 451 g/mol. The third kappa shape index (κ3) is 4.97. The lowest BCUT2D eigenvalue weighted by Gasteiger charge is -2.18. The van der Waals surface area contributed by atoms with Gasteiger partial charge in [0.2, 0.25) is 5.88 Å². The van der Waals surface area contributed by atoms with Gasteiger partial charge in [-0.3, -0.25) is 9.59 Å². The second-order valence-corrected chi connectivity index (χ2v) is 8.48. The lowest BCUT2D eigenvalue weighted by Crippen LogP contribution is -2.30. The first-order chi connectivity index (χ1) is 15.5. The summed E-state index contributed by atoms with van der Waals surface area (Å²) >= 11 is 6.19. The van der Waals surface area contributed by atoms with Crippen LogP contribution in [0.15, 0.2) is 59.4 Å². The van der Waals surface area contributed by atoms with Crippen molar-refractivity contribution in [3.63, 3.8) is 0 Å². The maximum Gasteiger partial charge on any atom is 0.268 e. The second-order valence-electron chi connectivity index (χ2n) is 8.04. The van der Waals surface area contributed by atoms with Gasteiger partial charge in [-0.1, -0.05) is 41.9 Å². The normalized spacial score (nSPS) is 14.1. The molecule has 0 aliphatic heterocycles. The Morgan fingerprint density at radius 3 is 2.59 bits per heavy atom. The minimum atomic E-state index is -0.783. The molecule has 164 valence electrons. The summed E-state index contributed by atoms with van der Waals surface area (Å²) in [4.78, 5) is 37.1. The highest BCUT2D eigenvalue weighted by atomic mass is 35.5. The van der Waals surface area contributed by atoms with Crippen molar-refractivity contribution >= 4 is 23.7 Å². The fourth-order valence-corrected chi connectivity index (χ4v) is 3.74. The number of Topliss-reactive ketones (excluding diaryl/α,β-unsaturated/α-hetero) is 1. The van der Waals surface area contributed by atoms with Gasteiger partial charge in [-0.15, -0.1) is 5.10 Å².